The minimum Gasteiger partial charge on any atom is -0.396 e. The summed E-state index contributed by atoms with van der Waals surface area (Å²) >= 11 is 0. The standard InChI is InChI=1S/C7H15O/c1-3-7(2)5-4-6-8/h7-8H,2-6H2,1H3. The molecule has 0 aliphatic rings. The Morgan fingerprint density at radius 3 is 2.62 bits per heavy atom. The van der Waals surface area contributed by atoms with Crippen molar-refractivity contribution >= 4 is 0 Å². The molecular weight excluding hydrogens is 100 g/mol. The van der Waals surface area contributed by atoms with Crippen molar-refractivity contribution in [2.45, 2.75) is 26.2 Å². The summed E-state index contributed by atoms with van der Waals surface area (Å²) in [7, 11) is 0. The molecule has 0 rings (SSSR count). The van der Waals surface area contributed by atoms with Gasteiger partial charge in [0.05, 0.1) is 0 Å². The highest BCUT2D eigenvalue weighted by atomic mass is 16.2. The molecule has 0 aromatic carbocycles. The maximum Gasteiger partial charge on any atom is 0.0431 e. The molecular formula is C7H15O. The third-order valence-electron chi connectivity index (χ3n) is 1.35. The van der Waals surface area contributed by atoms with Gasteiger partial charge >= 0.3 is 0 Å². The highest BCUT2D eigenvalue weighted by Crippen LogP contribution is 2.07. The first-order valence-electron chi connectivity index (χ1n) is 3.25. The summed E-state index contributed by atoms with van der Waals surface area (Å²) in [5.74, 6) is 0.544. The number of hydrogen-bond donors (Lipinski definition) is 1. The van der Waals surface area contributed by atoms with E-state index in [4.69, 9.17) is 5.11 Å². The second-order valence-corrected chi connectivity index (χ2v) is 2.14. The number of rotatable bonds is 4. The first-order chi connectivity index (χ1) is 3.81. The van der Waals surface area contributed by atoms with Gasteiger partial charge in [0.2, 0.25) is 0 Å². The van der Waals surface area contributed by atoms with E-state index in [-0.39, 0.29) is 0 Å². The summed E-state index contributed by atoms with van der Waals surface area (Å²) in [6.45, 7) is 6.31. The zero-order valence-electron chi connectivity index (χ0n) is 5.56. The second kappa shape index (κ2) is 5.10. The Balaban J connectivity index is 2.86. The van der Waals surface area contributed by atoms with E-state index in [1.165, 1.54) is 0 Å². The van der Waals surface area contributed by atoms with Gasteiger partial charge in [-0.2, -0.15) is 0 Å². The molecule has 0 spiro atoms. The van der Waals surface area contributed by atoms with E-state index in [1.54, 1.807) is 0 Å². The molecule has 0 heterocycles. The Kier molecular flexibility index (Phi) is 5.08. The Morgan fingerprint density at radius 2 is 2.25 bits per heavy atom. The van der Waals surface area contributed by atoms with Crippen LogP contribution < -0.4 is 0 Å². The molecule has 0 aliphatic carbocycles. The first kappa shape index (κ1) is 7.96. The molecule has 0 fully saturated rings. The molecule has 1 radical (unpaired) electrons. The zero-order valence-corrected chi connectivity index (χ0v) is 5.56. The normalized spacial score (nSPS) is 13.9. The molecule has 0 aromatic rings. The molecule has 1 unspecified atom stereocenters. The molecule has 1 heteroatoms. The van der Waals surface area contributed by atoms with Gasteiger partial charge in [-0.15, -0.1) is 0 Å². The Labute approximate surface area is 51.7 Å². The molecule has 8 heavy (non-hydrogen) atoms. The van der Waals surface area contributed by atoms with E-state index in [0.29, 0.717) is 12.5 Å². The van der Waals surface area contributed by atoms with Crippen molar-refractivity contribution in [3.05, 3.63) is 6.92 Å². The Hall–Kier alpha value is -0.0400. The van der Waals surface area contributed by atoms with E-state index >= 15 is 0 Å². The van der Waals surface area contributed by atoms with Crippen LogP contribution in [0.5, 0.6) is 0 Å². The minimum absolute atomic E-state index is 0.312. The van der Waals surface area contributed by atoms with Gasteiger partial charge in [0.25, 0.3) is 0 Å². The molecule has 0 saturated carbocycles. The van der Waals surface area contributed by atoms with Crippen LogP contribution in [0.2, 0.25) is 0 Å². The van der Waals surface area contributed by atoms with Crippen LogP contribution in [0.4, 0.5) is 0 Å². The largest absolute Gasteiger partial charge is 0.396 e. The summed E-state index contributed by atoms with van der Waals surface area (Å²) in [4.78, 5) is 0. The maximum atomic E-state index is 8.38. The van der Waals surface area contributed by atoms with E-state index in [9.17, 15) is 0 Å². The fraction of sp³-hybridized carbons (Fsp3) is 0.857. The first-order valence-corrected chi connectivity index (χ1v) is 3.25. The van der Waals surface area contributed by atoms with Gasteiger partial charge in [0.1, 0.15) is 0 Å². The predicted octanol–water partition coefficient (Wildman–Crippen LogP) is 1.62. The van der Waals surface area contributed by atoms with Gasteiger partial charge in [0, 0.05) is 6.61 Å². The lowest BCUT2D eigenvalue weighted by molar-refractivity contribution is 0.276. The second-order valence-electron chi connectivity index (χ2n) is 2.14. The molecule has 0 bridgehead atoms. The Bertz CT molecular complexity index is 43.7. The minimum atomic E-state index is 0.312. The van der Waals surface area contributed by atoms with Crippen molar-refractivity contribution in [2.75, 3.05) is 6.61 Å². The van der Waals surface area contributed by atoms with Gasteiger partial charge in [-0.1, -0.05) is 20.3 Å². The molecule has 1 nitrogen and oxygen atoms in total. The van der Waals surface area contributed by atoms with Crippen LogP contribution in [-0.4, -0.2) is 11.7 Å². The monoisotopic (exact) mass is 115 g/mol. The quantitative estimate of drug-likeness (QED) is 0.590. The van der Waals surface area contributed by atoms with Crippen molar-refractivity contribution in [1.29, 1.82) is 0 Å². The van der Waals surface area contributed by atoms with Gasteiger partial charge in [-0.25, -0.2) is 0 Å². The van der Waals surface area contributed by atoms with Crippen molar-refractivity contribution < 1.29 is 5.11 Å². The van der Waals surface area contributed by atoms with Gasteiger partial charge in [0.15, 0.2) is 0 Å². The van der Waals surface area contributed by atoms with Crippen LogP contribution in [-0.2, 0) is 0 Å². The summed E-state index contributed by atoms with van der Waals surface area (Å²) in [6.07, 6.45) is 3.09. The van der Waals surface area contributed by atoms with Crippen LogP contribution in [0.3, 0.4) is 0 Å². The lowest BCUT2D eigenvalue weighted by Crippen LogP contribution is -1.93. The summed E-state index contributed by atoms with van der Waals surface area (Å²) in [5.41, 5.74) is 0. The van der Waals surface area contributed by atoms with E-state index in [2.05, 4.69) is 13.8 Å². The fourth-order valence-corrected chi connectivity index (χ4v) is 0.584. The maximum absolute atomic E-state index is 8.38. The fourth-order valence-electron chi connectivity index (χ4n) is 0.584. The van der Waals surface area contributed by atoms with E-state index in [0.717, 1.165) is 19.3 Å². The van der Waals surface area contributed by atoms with Gasteiger partial charge in [-0.05, 0) is 18.8 Å². The third kappa shape index (κ3) is 4.13. The van der Waals surface area contributed by atoms with Crippen LogP contribution in [0.1, 0.15) is 26.2 Å². The van der Waals surface area contributed by atoms with E-state index < -0.39 is 0 Å². The summed E-state index contributed by atoms with van der Waals surface area (Å²) in [6, 6.07) is 0. The van der Waals surface area contributed by atoms with Gasteiger partial charge in [-0.3, -0.25) is 0 Å². The third-order valence-corrected chi connectivity index (χ3v) is 1.35. The van der Waals surface area contributed by atoms with Crippen molar-refractivity contribution in [3.63, 3.8) is 0 Å². The van der Waals surface area contributed by atoms with Crippen LogP contribution >= 0.6 is 0 Å². The topological polar surface area (TPSA) is 20.2 Å². The number of hydrogen-bond acceptors (Lipinski definition) is 1. The van der Waals surface area contributed by atoms with Crippen LogP contribution in [0.15, 0.2) is 0 Å². The Morgan fingerprint density at radius 1 is 1.62 bits per heavy atom. The molecule has 1 N–H and O–H groups in total. The average Bonchev–Trinajstić information content (AvgIpc) is 1.83. The molecule has 0 saturated heterocycles. The average molecular weight is 115 g/mol. The number of aliphatic hydroxyl groups is 1. The van der Waals surface area contributed by atoms with Crippen molar-refractivity contribution in [1.82, 2.24) is 0 Å². The zero-order chi connectivity index (χ0) is 6.41. The SMILES string of the molecule is [CH2]C(CC)CCCO. The molecule has 49 valence electrons. The highest BCUT2D eigenvalue weighted by Gasteiger charge is 1.95. The van der Waals surface area contributed by atoms with Crippen LogP contribution in [0.25, 0.3) is 0 Å². The lowest BCUT2D eigenvalue weighted by Gasteiger charge is -2.03. The summed E-state index contributed by atoms with van der Waals surface area (Å²) in [5, 5.41) is 8.38. The molecule has 1 atom stereocenters. The number of aliphatic hydroxyl groups excluding tert-OH is 1. The van der Waals surface area contributed by atoms with Crippen molar-refractivity contribution in [3.8, 4) is 0 Å². The van der Waals surface area contributed by atoms with Gasteiger partial charge < -0.3 is 5.11 Å². The summed E-state index contributed by atoms with van der Waals surface area (Å²) < 4.78 is 0. The lowest BCUT2D eigenvalue weighted by atomic mass is 10.0. The van der Waals surface area contributed by atoms with Crippen LogP contribution in [0, 0.1) is 12.8 Å². The van der Waals surface area contributed by atoms with E-state index in [1.807, 2.05) is 0 Å². The highest BCUT2D eigenvalue weighted by molar-refractivity contribution is 4.57. The molecule has 0 aliphatic heterocycles. The predicted molar refractivity (Wildman–Crippen MR) is 35.5 cm³/mol. The smallest absolute Gasteiger partial charge is 0.0431 e. The van der Waals surface area contributed by atoms with Crippen molar-refractivity contribution in [2.24, 2.45) is 5.92 Å². The molecule has 0 amide bonds. The molecule has 0 aromatic heterocycles.